The van der Waals surface area contributed by atoms with E-state index in [2.05, 4.69) is 15.4 Å². The SMILES string of the molecule is CC(C)Oc1ccc(CNC(=O)[C@H](C)n2cccn2)cn1. The number of nitrogens with one attached hydrogen (secondary N) is 1. The molecule has 21 heavy (non-hydrogen) atoms. The second-order valence-electron chi connectivity index (χ2n) is 5.05. The van der Waals surface area contributed by atoms with Gasteiger partial charge in [0.05, 0.1) is 6.10 Å². The molecular formula is C15H20N4O2. The third-order valence-electron chi connectivity index (χ3n) is 2.92. The second-order valence-corrected chi connectivity index (χ2v) is 5.05. The first-order valence-electron chi connectivity index (χ1n) is 6.94. The molecule has 0 unspecified atom stereocenters. The lowest BCUT2D eigenvalue weighted by Gasteiger charge is -2.13. The van der Waals surface area contributed by atoms with Crippen molar-refractivity contribution in [1.29, 1.82) is 0 Å². The van der Waals surface area contributed by atoms with E-state index in [1.807, 2.05) is 19.9 Å². The normalized spacial score (nSPS) is 12.2. The Labute approximate surface area is 124 Å². The van der Waals surface area contributed by atoms with Gasteiger partial charge in [0.2, 0.25) is 11.8 Å². The van der Waals surface area contributed by atoms with Crippen LogP contribution in [-0.2, 0) is 11.3 Å². The summed E-state index contributed by atoms with van der Waals surface area (Å²) in [6.45, 7) is 6.14. The van der Waals surface area contributed by atoms with E-state index in [0.717, 1.165) is 5.56 Å². The molecule has 1 atom stereocenters. The number of amides is 1. The predicted octanol–water partition coefficient (Wildman–Crippen LogP) is 1.94. The van der Waals surface area contributed by atoms with E-state index in [9.17, 15) is 4.79 Å². The minimum Gasteiger partial charge on any atom is -0.475 e. The Morgan fingerprint density at radius 3 is 2.76 bits per heavy atom. The van der Waals surface area contributed by atoms with Crippen LogP contribution in [-0.4, -0.2) is 26.8 Å². The van der Waals surface area contributed by atoms with Crippen molar-refractivity contribution in [1.82, 2.24) is 20.1 Å². The summed E-state index contributed by atoms with van der Waals surface area (Å²) in [5.74, 6) is 0.506. The van der Waals surface area contributed by atoms with Crippen molar-refractivity contribution >= 4 is 5.91 Å². The summed E-state index contributed by atoms with van der Waals surface area (Å²) >= 11 is 0. The summed E-state index contributed by atoms with van der Waals surface area (Å²) in [4.78, 5) is 16.2. The van der Waals surface area contributed by atoms with Crippen LogP contribution in [0.25, 0.3) is 0 Å². The van der Waals surface area contributed by atoms with Gasteiger partial charge in [-0.15, -0.1) is 0 Å². The van der Waals surface area contributed by atoms with Crippen LogP contribution in [0.2, 0.25) is 0 Å². The van der Waals surface area contributed by atoms with Gasteiger partial charge >= 0.3 is 0 Å². The van der Waals surface area contributed by atoms with Crippen LogP contribution >= 0.6 is 0 Å². The maximum atomic E-state index is 12.0. The average Bonchev–Trinajstić information content (AvgIpc) is 2.99. The highest BCUT2D eigenvalue weighted by atomic mass is 16.5. The van der Waals surface area contributed by atoms with Crippen LogP contribution in [0.1, 0.15) is 32.4 Å². The first-order chi connectivity index (χ1) is 10.1. The van der Waals surface area contributed by atoms with Crippen LogP contribution in [0.15, 0.2) is 36.8 Å². The molecule has 0 radical (unpaired) electrons. The number of rotatable bonds is 6. The van der Waals surface area contributed by atoms with Crippen molar-refractivity contribution in [2.75, 3.05) is 0 Å². The number of carbonyl (C=O) groups excluding carboxylic acids is 1. The molecule has 0 saturated heterocycles. The maximum Gasteiger partial charge on any atom is 0.244 e. The van der Waals surface area contributed by atoms with Gasteiger partial charge in [0.1, 0.15) is 6.04 Å². The van der Waals surface area contributed by atoms with Gasteiger partial charge in [-0.3, -0.25) is 9.48 Å². The number of carbonyl (C=O) groups is 1. The van der Waals surface area contributed by atoms with Gasteiger partial charge in [-0.25, -0.2) is 4.98 Å². The lowest BCUT2D eigenvalue weighted by atomic mass is 10.2. The van der Waals surface area contributed by atoms with Gasteiger partial charge in [0.15, 0.2) is 0 Å². The molecule has 2 aromatic heterocycles. The number of hydrogen-bond donors (Lipinski definition) is 1. The zero-order chi connectivity index (χ0) is 15.2. The van der Waals surface area contributed by atoms with E-state index in [0.29, 0.717) is 12.4 Å². The van der Waals surface area contributed by atoms with Crippen molar-refractivity contribution in [2.24, 2.45) is 0 Å². The highest BCUT2D eigenvalue weighted by Crippen LogP contribution is 2.10. The molecule has 6 heteroatoms. The first kappa shape index (κ1) is 15.0. The Hall–Kier alpha value is -2.37. The van der Waals surface area contributed by atoms with Crippen LogP contribution < -0.4 is 10.1 Å². The molecule has 2 heterocycles. The van der Waals surface area contributed by atoms with Crippen LogP contribution in [0, 0.1) is 0 Å². The average molecular weight is 288 g/mol. The van der Waals surface area contributed by atoms with Crippen molar-refractivity contribution in [2.45, 2.75) is 39.5 Å². The molecular weight excluding hydrogens is 268 g/mol. The minimum atomic E-state index is -0.337. The molecule has 0 fully saturated rings. The van der Waals surface area contributed by atoms with Crippen molar-refractivity contribution in [3.63, 3.8) is 0 Å². The Balaban J connectivity index is 1.86. The van der Waals surface area contributed by atoms with E-state index in [4.69, 9.17) is 4.74 Å². The summed E-state index contributed by atoms with van der Waals surface area (Å²) in [6, 6.07) is 5.15. The van der Waals surface area contributed by atoms with E-state index in [1.165, 1.54) is 0 Å². The summed E-state index contributed by atoms with van der Waals surface area (Å²) in [5, 5.41) is 6.92. The number of nitrogens with zero attached hydrogens (tertiary/aromatic N) is 3. The molecule has 0 aliphatic heterocycles. The summed E-state index contributed by atoms with van der Waals surface area (Å²) in [6.07, 6.45) is 5.22. The maximum absolute atomic E-state index is 12.0. The van der Waals surface area contributed by atoms with E-state index in [1.54, 1.807) is 42.3 Å². The molecule has 0 aliphatic rings. The molecule has 0 bridgehead atoms. The molecule has 1 N–H and O–H groups in total. The lowest BCUT2D eigenvalue weighted by molar-refractivity contribution is -0.124. The zero-order valence-corrected chi connectivity index (χ0v) is 12.5. The fourth-order valence-corrected chi connectivity index (χ4v) is 1.79. The van der Waals surface area contributed by atoms with Crippen molar-refractivity contribution < 1.29 is 9.53 Å². The van der Waals surface area contributed by atoms with Gasteiger partial charge < -0.3 is 10.1 Å². The number of aromatic nitrogens is 3. The Kier molecular flexibility index (Phi) is 4.92. The quantitative estimate of drug-likeness (QED) is 0.882. The van der Waals surface area contributed by atoms with Gasteiger partial charge in [-0.2, -0.15) is 5.10 Å². The molecule has 1 amide bonds. The largest absolute Gasteiger partial charge is 0.475 e. The van der Waals surface area contributed by atoms with Crippen molar-refractivity contribution in [3.8, 4) is 5.88 Å². The Morgan fingerprint density at radius 1 is 1.38 bits per heavy atom. The van der Waals surface area contributed by atoms with Gasteiger partial charge in [-0.1, -0.05) is 6.07 Å². The molecule has 112 valence electrons. The Morgan fingerprint density at radius 2 is 2.19 bits per heavy atom. The molecule has 0 aliphatic carbocycles. The highest BCUT2D eigenvalue weighted by molar-refractivity contribution is 5.79. The fourth-order valence-electron chi connectivity index (χ4n) is 1.79. The van der Waals surface area contributed by atoms with Crippen molar-refractivity contribution in [3.05, 3.63) is 42.4 Å². The third kappa shape index (κ3) is 4.30. The molecule has 0 aromatic carbocycles. The molecule has 6 nitrogen and oxygen atoms in total. The fraction of sp³-hybridized carbons (Fsp3) is 0.400. The summed E-state index contributed by atoms with van der Waals surface area (Å²) < 4.78 is 7.09. The Bertz CT molecular complexity index is 564. The van der Waals surface area contributed by atoms with Crippen LogP contribution in [0.4, 0.5) is 0 Å². The third-order valence-corrected chi connectivity index (χ3v) is 2.92. The van der Waals surface area contributed by atoms with Gasteiger partial charge in [0, 0.05) is 31.2 Å². The van der Waals surface area contributed by atoms with E-state index in [-0.39, 0.29) is 18.1 Å². The summed E-state index contributed by atoms with van der Waals surface area (Å²) in [5.41, 5.74) is 0.923. The smallest absolute Gasteiger partial charge is 0.244 e. The number of ether oxygens (including phenoxy) is 1. The molecule has 2 aromatic rings. The summed E-state index contributed by atoms with van der Waals surface area (Å²) in [7, 11) is 0. The number of hydrogen-bond acceptors (Lipinski definition) is 4. The van der Waals surface area contributed by atoms with E-state index >= 15 is 0 Å². The number of pyridine rings is 1. The van der Waals surface area contributed by atoms with Gasteiger partial charge in [-0.05, 0) is 32.4 Å². The minimum absolute atomic E-state index is 0.0822. The monoisotopic (exact) mass is 288 g/mol. The van der Waals surface area contributed by atoms with E-state index < -0.39 is 0 Å². The lowest BCUT2D eigenvalue weighted by Crippen LogP contribution is -2.30. The van der Waals surface area contributed by atoms with Gasteiger partial charge in [0.25, 0.3) is 0 Å². The standard InChI is InChI=1S/C15H20N4O2/c1-11(2)21-14-6-5-13(9-16-14)10-17-15(20)12(3)19-8-4-7-18-19/h4-9,11-12H,10H2,1-3H3,(H,17,20)/t12-/m0/s1. The zero-order valence-electron chi connectivity index (χ0n) is 12.5. The molecule has 2 rings (SSSR count). The second kappa shape index (κ2) is 6.88. The van der Waals surface area contributed by atoms with Crippen LogP contribution in [0.5, 0.6) is 5.88 Å². The first-order valence-corrected chi connectivity index (χ1v) is 6.94. The topological polar surface area (TPSA) is 69.0 Å². The molecule has 0 spiro atoms. The molecule has 0 saturated carbocycles. The predicted molar refractivity (Wildman–Crippen MR) is 78.8 cm³/mol. The highest BCUT2D eigenvalue weighted by Gasteiger charge is 2.14. The van der Waals surface area contributed by atoms with Crippen LogP contribution in [0.3, 0.4) is 0 Å².